The molecule has 0 radical (unpaired) electrons. The van der Waals surface area contributed by atoms with Gasteiger partial charge in [-0.3, -0.25) is 20.4 Å². The molecule has 10 nitrogen and oxygen atoms in total. The van der Waals surface area contributed by atoms with Crippen molar-refractivity contribution in [2.75, 3.05) is 18.0 Å². The van der Waals surface area contributed by atoms with E-state index in [2.05, 4.69) is 16.2 Å². The minimum absolute atomic E-state index is 0.0877. The molecule has 1 saturated heterocycles. The average molecular weight is 561 g/mol. The lowest BCUT2D eigenvalue weighted by Crippen LogP contribution is -2.69. The third-order valence-electron chi connectivity index (χ3n) is 5.91. The van der Waals surface area contributed by atoms with E-state index in [0.29, 0.717) is 23.6 Å². The summed E-state index contributed by atoms with van der Waals surface area (Å²) in [6.45, 7) is 6.75. The van der Waals surface area contributed by atoms with E-state index in [1.807, 2.05) is 0 Å². The topological polar surface area (TPSA) is 137 Å². The molecule has 200 valence electrons. The Morgan fingerprint density at radius 2 is 1.66 bits per heavy atom. The van der Waals surface area contributed by atoms with E-state index in [1.54, 1.807) is 57.2 Å². The number of hydrogen-bond donors (Lipinski definition) is 4. The minimum Gasteiger partial charge on any atom is -0.478 e. The monoisotopic (exact) mass is 560 g/mol. The zero-order valence-corrected chi connectivity index (χ0v) is 22.6. The van der Waals surface area contributed by atoms with Crippen LogP contribution >= 0.6 is 23.2 Å². The Morgan fingerprint density at radius 1 is 1.08 bits per heavy atom. The van der Waals surface area contributed by atoms with Crippen LogP contribution in [0.2, 0.25) is 10.0 Å². The van der Waals surface area contributed by atoms with Crippen molar-refractivity contribution >= 4 is 58.7 Å². The van der Waals surface area contributed by atoms with Gasteiger partial charge in [-0.15, -0.1) is 0 Å². The molecule has 1 atom stereocenters. The number of Topliss-reactive ketones (excluding diaryl/α,β-unsaturated/α-hetero) is 1. The maximum absolute atomic E-state index is 14.1. The van der Waals surface area contributed by atoms with E-state index in [4.69, 9.17) is 27.9 Å². The van der Waals surface area contributed by atoms with Crippen molar-refractivity contribution in [2.24, 2.45) is 0 Å². The average Bonchev–Trinajstić information content (AvgIpc) is 3.41. The lowest BCUT2D eigenvalue weighted by atomic mass is 9.94. The molecule has 1 unspecified atom stereocenters. The molecule has 12 heteroatoms. The number of fused-ring (bicyclic) bond motifs is 1. The molecule has 0 spiro atoms. The van der Waals surface area contributed by atoms with E-state index in [-0.39, 0.29) is 32.4 Å². The first-order valence-corrected chi connectivity index (χ1v) is 12.4. The number of carbonyl (C=O) groups excluding carboxylic acids is 3. The summed E-state index contributed by atoms with van der Waals surface area (Å²) in [4.78, 5) is 53.5. The molecule has 2 aromatic rings. The molecule has 0 aromatic heterocycles. The van der Waals surface area contributed by atoms with Gasteiger partial charge in [0.15, 0.2) is 0 Å². The van der Waals surface area contributed by atoms with Crippen molar-refractivity contribution in [1.29, 1.82) is 0 Å². The van der Waals surface area contributed by atoms with Gasteiger partial charge in [-0.2, -0.15) is 0 Å². The molecule has 0 aliphatic carbocycles. The SMILES string of the molecule is CC(=O)NC1(C(=O)O)C(=O)c2c(Cl)c(C=C3CNNC3)c(Cl)c(-c3ccccc3)c2N1C(=O)OC(C)(C)C. The number of rotatable bonds is 4. The molecule has 1 fully saturated rings. The van der Waals surface area contributed by atoms with Crippen LogP contribution < -0.4 is 21.1 Å². The van der Waals surface area contributed by atoms with Gasteiger partial charge in [0.2, 0.25) is 11.7 Å². The highest BCUT2D eigenvalue weighted by Crippen LogP contribution is 2.53. The number of ether oxygens (including phenoxy) is 1. The molecule has 0 bridgehead atoms. The van der Waals surface area contributed by atoms with Crippen LogP contribution in [0, 0.1) is 0 Å². The number of benzene rings is 2. The molecule has 2 amide bonds. The minimum atomic E-state index is -2.87. The molecule has 2 heterocycles. The Hall–Kier alpha value is -3.44. The van der Waals surface area contributed by atoms with Gasteiger partial charge in [-0.25, -0.2) is 14.5 Å². The van der Waals surface area contributed by atoms with Crippen LogP contribution in [0.25, 0.3) is 17.2 Å². The second-order valence-corrected chi connectivity index (χ2v) is 10.6. The Balaban J connectivity index is 2.15. The summed E-state index contributed by atoms with van der Waals surface area (Å²) < 4.78 is 5.53. The van der Waals surface area contributed by atoms with Crippen LogP contribution in [0.3, 0.4) is 0 Å². The van der Waals surface area contributed by atoms with Gasteiger partial charge in [0.05, 0.1) is 21.3 Å². The number of carboxylic acids is 1. The zero-order valence-electron chi connectivity index (χ0n) is 21.1. The number of hydrazine groups is 1. The number of aliphatic carboxylic acids is 1. The number of nitrogens with one attached hydrogen (secondary N) is 3. The normalized spacial score (nSPS) is 18.8. The Kier molecular flexibility index (Phi) is 7.28. The summed E-state index contributed by atoms with van der Waals surface area (Å²) >= 11 is 13.7. The smallest absolute Gasteiger partial charge is 0.417 e. The summed E-state index contributed by atoms with van der Waals surface area (Å²) in [6, 6.07) is 8.61. The fraction of sp³-hybridized carbons (Fsp3) is 0.308. The number of ketones is 1. The van der Waals surface area contributed by atoms with E-state index in [0.717, 1.165) is 12.5 Å². The van der Waals surface area contributed by atoms with Gasteiger partial charge in [-0.05, 0) is 31.9 Å². The molecule has 4 N–H and O–H groups in total. The van der Waals surface area contributed by atoms with Crippen LogP contribution in [-0.2, 0) is 14.3 Å². The van der Waals surface area contributed by atoms with Crippen LogP contribution in [0.1, 0.15) is 43.6 Å². The summed E-state index contributed by atoms with van der Waals surface area (Å²) in [6.07, 6.45) is 0.523. The highest BCUT2D eigenvalue weighted by atomic mass is 35.5. The molecule has 2 aliphatic heterocycles. The molecular formula is C26H26Cl2N4O6. The number of halogens is 2. The maximum atomic E-state index is 14.1. The number of amides is 2. The molecular weight excluding hydrogens is 535 g/mol. The van der Waals surface area contributed by atoms with Gasteiger partial charge in [0, 0.05) is 31.1 Å². The summed E-state index contributed by atoms with van der Waals surface area (Å²) in [7, 11) is 0. The first kappa shape index (κ1) is 27.6. The molecule has 38 heavy (non-hydrogen) atoms. The van der Waals surface area contributed by atoms with Gasteiger partial charge in [-0.1, -0.05) is 59.6 Å². The lowest BCUT2D eigenvalue weighted by Gasteiger charge is -2.35. The number of hydrogen-bond acceptors (Lipinski definition) is 7. The van der Waals surface area contributed by atoms with E-state index in [9.17, 15) is 24.3 Å². The van der Waals surface area contributed by atoms with Crippen molar-refractivity contribution in [3.05, 3.63) is 57.1 Å². The van der Waals surface area contributed by atoms with Crippen molar-refractivity contribution in [2.45, 2.75) is 39.0 Å². The van der Waals surface area contributed by atoms with Crippen molar-refractivity contribution in [3.63, 3.8) is 0 Å². The van der Waals surface area contributed by atoms with Gasteiger partial charge in [0.1, 0.15) is 5.60 Å². The predicted octanol–water partition coefficient (Wildman–Crippen LogP) is 4.01. The first-order valence-electron chi connectivity index (χ1n) is 11.6. The largest absolute Gasteiger partial charge is 0.478 e. The lowest BCUT2D eigenvalue weighted by molar-refractivity contribution is -0.144. The van der Waals surface area contributed by atoms with E-state index < -0.39 is 35.0 Å². The number of nitrogens with zero attached hydrogens (tertiary/aromatic N) is 1. The quantitative estimate of drug-likeness (QED) is 0.411. The Morgan fingerprint density at radius 3 is 2.18 bits per heavy atom. The van der Waals surface area contributed by atoms with Crippen molar-refractivity contribution in [3.8, 4) is 11.1 Å². The summed E-state index contributed by atoms with van der Waals surface area (Å²) in [5.41, 5.74) is 3.35. The van der Waals surface area contributed by atoms with Crippen LogP contribution in [0.5, 0.6) is 0 Å². The van der Waals surface area contributed by atoms with Gasteiger partial charge < -0.3 is 15.2 Å². The van der Waals surface area contributed by atoms with E-state index >= 15 is 0 Å². The number of anilines is 1. The fourth-order valence-electron chi connectivity index (χ4n) is 4.44. The highest BCUT2D eigenvalue weighted by molar-refractivity contribution is 6.45. The van der Waals surface area contributed by atoms with Crippen molar-refractivity contribution < 1.29 is 29.0 Å². The Bertz CT molecular complexity index is 1380. The Labute approximate surface area is 228 Å². The summed E-state index contributed by atoms with van der Waals surface area (Å²) in [5, 5.41) is 12.5. The van der Waals surface area contributed by atoms with Gasteiger partial charge >= 0.3 is 12.1 Å². The standard InChI is InChI=1S/C26H26Cl2N4O6/c1-13(33)31-26(23(35)36)22(34)18-20(28)16(10-14-11-29-30-12-14)19(27)17(15-8-6-5-7-9-15)21(18)32(26)24(37)38-25(2,3)4/h5-10,29-30H,11-12H2,1-4H3,(H,31,33)(H,35,36). The van der Waals surface area contributed by atoms with Gasteiger partial charge in [0.25, 0.3) is 5.66 Å². The predicted molar refractivity (Wildman–Crippen MR) is 143 cm³/mol. The van der Waals surface area contributed by atoms with Crippen LogP contribution in [0.4, 0.5) is 10.5 Å². The van der Waals surface area contributed by atoms with Crippen molar-refractivity contribution in [1.82, 2.24) is 16.2 Å². The van der Waals surface area contributed by atoms with Crippen LogP contribution in [0.15, 0.2) is 35.9 Å². The third-order valence-corrected chi connectivity index (χ3v) is 6.69. The van der Waals surface area contributed by atoms with E-state index in [1.165, 1.54) is 0 Å². The summed E-state index contributed by atoms with van der Waals surface area (Å²) in [5.74, 6) is -3.77. The van der Waals surface area contributed by atoms with Crippen LogP contribution in [-0.4, -0.2) is 53.2 Å². The maximum Gasteiger partial charge on any atom is 0.417 e. The number of carbonyl (C=O) groups is 4. The second kappa shape index (κ2) is 10.0. The zero-order chi connectivity index (χ0) is 28.0. The molecule has 2 aliphatic rings. The molecule has 0 saturated carbocycles. The fourth-order valence-corrected chi connectivity index (χ4v) is 5.17. The second-order valence-electron chi connectivity index (χ2n) is 9.86. The third kappa shape index (κ3) is 4.64. The highest BCUT2D eigenvalue weighted by Gasteiger charge is 2.63. The number of carboxylic acid groups (broad SMARTS) is 1. The molecule has 4 rings (SSSR count). The molecule has 2 aromatic carbocycles. The first-order chi connectivity index (χ1) is 17.8.